The standard InChI is InChI=1S/C19H18BrN3O3/c1-12-4-3-5-14(10-12)18-22-17(26-23-18)11-21-19(24)13(2)25-16-8-6-15(20)7-9-16/h3-10,13H,11H2,1-2H3,(H,21,24)/t13-/m0/s1. The average molecular weight is 416 g/mol. The van der Waals surface area contributed by atoms with Crippen LogP contribution >= 0.6 is 15.9 Å². The van der Waals surface area contributed by atoms with Crippen LogP contribution in [0.4, 0.5) is 0 Å². The molecule has 0 unspecified atom stereocenters. The Balaban J connectivity index is 1.55. The van der Waals surface area contributed by atoms with Crippen LogP contribution in [0, 0.1) is 6.92 Å². The van der Waals surface area contributed by atoms with Gasteiger partial charge in [0, 0.05) is 10.0 Å². The molecule has 6 nitrogen and oxygen atoms in total. The molecule has 0 bridgehead atoms. The zero-order chi connectivity index (χ0) is 18.5. The van der Waals surface area contributed by atoms with Gasteiger partial charge in [-0.25, -0.2) is 0 Å². The maximum Gasteiger partial charge on any atom is 0.261 e. The Morgan fingerprint density at radius 1 is 1.27 bits per heavy atom. The molecule has 1 aromatic heterocycles. The van der Waals surface area contributed by atoms with Crippen LogP contribution in [0.1, 0.15) is 18.4 Å². The average Bonchev–Trinajstić information content (AvgIpc) is 3.10. The van der Waals surface area contributed by atoms with Crippen molar-refractivity contribution in [1.29, 1.82) is 0 Å². The zero-order valence-electron chi connectivity index (χ0n) is 14.4. The summed E-state index contributed by atoms with van der Waals surface area (Å²) in [5.41, 5.74) is 1.99. The van der Waals surface area contributed by atoms with Crippen molar-refractivity contribution in [1.82, 2.24) is 15.5 Å². The van der Waals surface area contributed by atoms with Gasteiger partial charge in [-0.1, -0.05) is 44.8 Å². The van der Waals surface area contributed by atoms with Crippen LogP contribution in [0.5, 0.6) is 5.75 Å². The molecule has 0 saturated carbocycles. The van der Waals surface area contributed by atoms with Gasteiger partial charge in [-0.3, -0.25) is 4.79 Å². The first-order valence-corrected chi connectivity index (χ1v) is 8.90. The normalized spacial score (nSPS) is 11.8. The largest absolute Gasteiger partial charge is 0.481 e. The Bertz CT molecular complexity index is 893. The molecular formula is C19H18BrN3O3. The van der Waals surface area contributed by atoms with Crippen molar-refractivity contribution in [3.8, 4) is 17.1 Å². The molecule has 1 atom stereocenters. The Labute approximate surface area is 159 Å². The lowest BCUT2D eigenvalue weighted by atomic mass is 10.1. The molecule has 3 aromatic rings. The van der Waals surface area contributed by atoms with Gasteiger partial charge in [0.25, 0.3) is 5.91 Å². The Kier molecular flexibility index (Phi) is 5.68. The van der Waals surface area contributed by atoms with Crippen LogP contribution in [0.2, 0.25) is 0 Å². The molecule has 134 valence electrons. The highest BCUT2D eigenvalue weighted by Crippen LogP contribution is 2.18. The fourth-order valence-electron chi connectivity index (χ4n) is 2.31. The number of carbonyl (C=O) groups excluding carboxylic acids is 1. The first kappa shape index (κ1) is 18.1. The van der Waals surface area contributed by atoms with Crippen LogP contribution in [0.15, 0.2) is 57.5 Å². The first-order chi connectivity index (χ1) is 12.5. The van der Waals surface area contributed by atoms with Gasteiger partial charge in [-0.15, -0.1) is 0 Å². The lowest BCUT2D eigenvalue weighted by Gasteiger charge is -2.13. The highest BCUT2D eigenvalue weighted by Gasteiger charge is 2.16. The third-order valence-corrected chi connectivity index (χ3v) is 4.18. The topological polar surface area (TPSA) is 77.2 Å². The Hall–Kier alpha value is -2.67. The van der Waals surface area contributed by atoms with E-state index in [0.717, 1.165) is 15.6 Å². The number of ether oxygens (including phenoxy) is 1. The minimum atomic E-state index is -0.643. The molecule has 7 heteroatoms. The summed E-state index contributed by atoms with van der Waals surface area (Å²) in [6.45, 7) is 3.83. The van der Waals surface area contributed by atoms with Gasteiger partial charge in [0.1, 0.15) is 5.75 Å². The molecule has 1 N–H and O–H groups in total. The fraction of sp³-hybridized carbons (Fsp3) is 0.211. The van der Waals surface area contributed by atoms with Crippen molar-refractivity contribution < 1.29 is 14.1 Å². The summed E-state index contributed by atoms with van der Waals surface area (Å²) >= 11 is 3.36. The lowest BCUT2D eigenvalue weighted by molar-refractivity contribution is -0.127. The lowest BCUT2D eigenvalue weighted by Crippen LogP contribution is -2.35. The molecule has 0 aliphatic carbocycles. The van der Waals surface area contributed by atoms with Crippen molar-refractivity contribution in [2.24, 2.45) is 0 Å². The summed E-state index contributed by atoms with van der Waals surface area (Å²) in [7, 11) is 0. The molecule has 1 amide bonds. The van der Waals surface area contributed by atoms with E-state index in [2.05, 4.69) is 31.4 Å². The second kappa shape index (κ2) is 8.14. The molecule has 0 radical (unpaired) electrons. The van der Waals surface area contributed by atoms with E-state index in [1.54, 1.807) is 19.1 Å². The predicted octanol–water partition coefficient (Wildman–Crippen LogP) is 3.89. The smallest absolute Gasteiger partial charge is 0.261 e. The number of carbonyl (C=O) groups is 1. The summed E-state index contributed by atoms with van der Waals surface area (Å²) in [4.78, 5) is 16.5. The van der Waals surface area contributed by atoms with Crippen molar-refractivity contribution >= 4 is 21.8 Å². The molecule has 0 spiro atoms. The SMILES string of the molecule is Cc1cccc(-c2noc(CNC(=O)[C@H](C)Oc3ccc(Br)cc3)n2)c1. The predicted molar refractivity (Wildman–Crippen MR) is 101 cm³/mol. The van der Waals surface area contributed by atoms with Gasteiger partial charge in [0.2, 0.25) is 11.7 Å². The number of aryl methyl sites for hydroxylation is 1. The number of hydrogen-bond acceptors (Lipinski definition) is 5. The van der Waals surface area contributed by atoms with E-state index in [1.165, 1.54) is 0 Å². The van der Waals surface area contributed by atoms with E-state index in [9.17, 15) is 4.79 Å². The van der Waals surface area contributed by atoms with Crippen molar-refractivity contribution in [2.45, 2.75) is 26.5 Å². The quantitative estimate of drug-likeness (QED) is 0.660. The van der Waals surface area contributed by atoms with E-state index in [1.807, 2.05) is 43.3 Å². The van der Waals surface area contributed by atoms with E-state index in [-0.39, 0.29) is 12.5 Å². The van der Waals surface area contributed by atoms with Gasteiger partial charge in [0.05, 0.1) is 6.54 Å². The maximum atomic E-state index is 12.2. The monoisotopic (exact) mass is 415 g/mol. The molecule has 0 fully saturated rings. The second-order valence-corrected chi connectivity index (χ2v) is 6.73. The third-order valence-electron chi connectivity index (χ3n) is 3.65. The van der Waals surface area contributed by atoms with Crippen LogP contribution < -0.4 is 10.1 Å². The van der Waals surface area contributed by atoms with Crippen LogP contribution in [0.3, 0.4) is 0 Å². The highest BCUT2D eigenvalue weighted by atomic mass is 79.9. The second-order valence-electron chi connectivity index (χ2n) is 5.81. The first-order valence-electron chi connectivity index (χ1n) is 8.11. The minimum Gasteiger partial charge on any atom is -0.481 e. The number of benzene rings is 2. The number of hydrogen-bond donors (Lipinski definition) is 1. The summed E-state index contributed by atoms with van der Waals surface area (Å²) < 4.78 is 11.8. The zero-order valence-corrected chi connectivity index (χ0v) is 16.0. The number of nitrogens with zero attached hydrogens (tertiary/aromatic N) is 2. The minimum absolute atomic E-state index is 0.145. The molecule has 26 heavy (non-hydrogen) atoms. The van der Waals surface area contributed by atoms with E-state index < -0.39 is 6.10 Å². The Morgan fingerprint density at radius 3 is 2.77 bits per heavy atom. The van der Waals surface area contributed by atoms with E-state index >= 15 is 0 Å². The number of rotatable bonds is 6. The summed E-state index contributed by atoms with van der Waals surface area (Å²) in [5, 5.41) is 6.69. The number of amides is 1. The molecular weight excluding hydrogens is 398 g/mol. The van der Waals surface area contributed by atoms with E-state index in [0.29, 0.717) is 17.5 Å². The van der Waals surface area contributed by atoms with Gasteiger partial charge in [0.15, 0.2) is 6.10 Å². The number of halogens is 1. The third kappa shape index (κ3) is 4.70. The van der Waals surface area contributed by atoms with Gasteiger partial charge >= 0.3 is 0 Å². The van der Waals surface area contributed by atoms with E-state index in [4.69, 9.17) is 9.26 Å². The van der Waals surface area contributed by atoms with Crippen molar-refractivity contribution in [3.05, 3.63) is 64.5 Å². The highest BCUT2D eigenvalue weighted by molar-refractivity contribution is 9.10. The van der Waals surface area contributed by atoms with Gasteiger partial charge in [-0.05, 0) is 44.2 Å². The van der Waals surface area contributed by atoms with Crippen molar-refractivity contribution in [3.63, 3.8) is 0 Å². The van der Waals surface area contributed by atoms with Crippen LogP contribution in [-0.4, -0.2) is 22.2 Å². The molecule has 1 heterocycles. The van der Waals surface area contributed by atoms with Gasteiger partial charge < -0.3 is 14.6 Å². The number of aromatic nitrogens is 2. The van der Waals surface area contributed by atoms with Gasteiger partial charge in [-0.2, -0.15) is 4.98 Å². The van der Waals surface area contributed by atoms with Crippen molar-refractivity contribution in [2.75, 3.05) is 0 Å². The maximum absolute atomic E-state index is 12.2. The van der Waals surface area contributed by atoms with Crippen LogP contribution in [0.25, 0.3) is 11.4 Å². The summed E-state index contributed by atoms with van der Waals surface area (Å²) in [6, 6.07) is 15.1. The molecule has 0 aliphatic heterocycles. The number of nitrogens with one attached hydrogen (secondary N) is 1. The Morgan fingerprint density at radius 2 is 2.04 bits per heavy atom. The fourth-order valence-corrected chi connectivity index (χ4v) is 2.57. The summed E-state index contributed by atoms with van der Waals surface area (Å²) in [6.07, 6.45) is -0.643. The molecule has 0 aliphatic rings. The molecule has 0 saturated heterocycles. The molecule has 2 aromatic carbocycles. The molecule has 3 rings (SSSR count). The van der Waals surface area contributed by atoms with Crippen LogP contribution in [-0.2, 0) is 11.3 Å². The summed E-state index contributed by atoms with van der Waals surface area (Å²) in [5.74, 6) is 1.20.